The molecule has 0 aliphatic heterocycles. The Hall–Kier alpha value is -7.00. The third-order valence-electron chi connectivity index (χ3n) is 13.4. The number of hydrogen-bond donors (Lipinski definition) is 0. The maximum Gasteiger partial charge on any atom is 0.0725 e. The molecule has 9 aromatic carbocycles. The quantitative estimate of drug-likeness (QED) is 0.158. The first-order valence-electron chi connectivity index (χ1n) is 19.8. The third-order valence-corrected chi connectivity index (χ3v) is 14.5. The van der Waals surface area contributed by atoms with Crippen LogP contribution in [0.1, 0.15) is 22.3 Å². The number of aromatic nitrogens is 1. The standard InChI is InChI=1S/C55H31NS/c1-2-13-35-34(12-1)39-17-10-24-50-52(39)53-49(23-11-25-51(53)57-50)56-48-29-27-33(31-43(48)41-19-9-18-40(35)54(41)56)32-26-28-47-42(30-32)38-16-5-8-22-46(38)55(47)44-20-6-3-14-36(44)37-15-4-7-21-45(37)55/h1-31H. The van der Waals surface area contributed by atoms with Crippen LogP contribution in [0, 0.1) is 0 Å². The van der Waals surface area contributed by atoms with Gasteiger partial charge in [0.05, 0.1) is 22.0 Å². The second-order valence-electron chi connectivity index (χ2n) is 15.9. The van der Waals surface area contributed by atoms with Crippen LogP contribution in [0.2, 0.25) is 0 Å². The second kappa shape index (κ2) is 10.6. The normalized spacial score (nSPS) is 13.8. The molecule has 0 fully saturated rings. The minimum Gasteiger partial charge on any atom is -0.308 e. The average molecular weight is 738 g/mol. The molecule has 2 aliphatic carbocycles. The highest BCUT2D eigenvalue weighted by Gasteiger charge is 2.51. The molecule has 1 spiro atoms. The van der Waals surface area contributed by atoms with E-state index in [1.807, 2.05) is 11.3 Å². The number of para-hydroxylation sites is 1. The molecule has 14 rings (SSSR count). The van der Waals surface area contributed by atoms with Gasteiger partial charge in [0.25, 0.3) is 0 Å². The van der Waals surface area contributed by atoms with E-state index in [2.05, 4.69) is 192 Å². The maximum absolute atomic E-state index is 2.56. The molecule has 0 N–H and O–H groups in total. The molecule has 0 atom stereocenters. The van der Waals surface area contributed by atoms with Gasteiger partial charge in [-0.25, -0.2) is 0 Å². The van der Waals surface area contributed by atoms with Gasteiger partial charge in [0, 0.05) is 36.3 Å². The van der Waals surface area contributed by atoms with Gasteiger partial charge in [-0.05, 0) is 108 Å². The van der Waals surface area contributed by atoms with Crippen molar-refractivity contribution in [1.82, 2.24) is 4.40 Å². The molecule has 0 amide bonds. The van der Waals surface area contributed by atoms with Crippen LogP contribution in [-0.2, 0) is 5.41 Å². The van der Waals surface area contributed by atoms with Crippen molar-refractivity contribution in [1.29, 1.82) is 0 Å². The van der Waals surface area contributed by atoms with Crippen LogP contribution >= 0.6 is 11.3 Å². The maximum atomic E-state index is 2.56. The smallest absolute Gasteiger partial charge is 0.0725 e. The van der Waals surface area contributed by atoms with Gasteiger partial charge in [0.2, 0.25) is 0 Å². The van der Waals surface area contributed by atoms with E-state index >= 15 is 0 Å². The predicted octanol–water partition coefficient (Wildman–Crippen LogP) is 14.9. The molecule has 262 valence electrons. The Kier molecular flexibility index (Phi) is 5.65. The summed E-state index contributed by atoms with van der Waals surface area (Å²) >= 11 is 1.90. The molecule has 0 saturated heterocycles. The first-order chi connectivity index (χ1) is 28.3. The van der Waals surface area contributed by atoms with Crippen LogP contribution in [-0.4, -0.2) is 4.40 Å². The lowest BCUT2D eigenvalue weighted by Gasteiger charge is -2.30. The summed E-state index contributed by atoms with van der Waals surface area (Å²) < 4.78 is 5.21. The summed E-state index contributed by atoms with van der Waals surface area (Å²) in [6.07, 6.45) is 0. The fourth-order valence-corrected chi connectivity index (χ4v) is 12.4. The van der Waals surface area contributed by atoms with E-state index in [1.54, 1.807) is 0 Å². The Bertz CT molecular complexity index is 3720. The van der Waals surface area contributed by atoms with Crippen LogP contribution in [0.25, 0.3) is 102 Å². The Labute approximate surface area is 332 Å². The van der Waals surface area contributed by atoms with Gasteiger partial charge in [-0.2, -0.15) is 0 Å². The molecule has 3 aromatic heterocycles. The number of thiophene rings is 1. The Morgan fingerprint density at radius 2 is 0.842 bits per heavy atom. The van der Waals surface area contributed by atoms with Gasteiger partial charge >= 0.3 is 0 Å². The van der Waals surface area contributed by atoms with E-state index in [4.69, 9.17) is 0 Å². The van der Waals surface area contributed by atoms with E-state index in [0.29, 0.717) is 0 Å². The first kappa shape index (κ1) is 30.2. The minimum absolute atomic E-state index is 0.334. The van der Waals surface area contributed by atoms with Crippen LogP contribution in [0.15, 0.2) is 188 Å². The summed E-state index contributed by atoms with van der Waals surface area (Å²) in [5, 5.41) is 10.4. The first-order valence-corrected chi connectivity index (χ1v) is 20.7. The second-order valence-corrected chi connectivity index (χ2v) is 17.0. The molecule has 0 unspecified atom stereocenters. The molecule has 0 radical (unpaired) electrons. The fourth-order valence-electron chi connectivity index (χ4n) is 11.2. The summed E-state index contributed by atoms with van der Waals surface area (Å²) in [6, 6.07) is 71.2. The summed E-state index contributed by atoms with van der Waals surface area (Å²) in [5.74, 6) is 0. The van der Waals surface area contributed by atoms with Crippen LogP contribution < -0.4 is 0 Å². The van der Waals surface area contributed by atoms with Crippen molar-refractivity contribution in [3.05, 3.63) is 210 Å². The highest BCUT2D eigenvalue weighted by atomic mass is 32.1. The lowest BCUT2D eigenvalue weighted by Crippen LogP contribution is -2.25. The Balaban J connectivity index is 1.07. The molecule has 2 heteroatoms. The van der Waals surface area contributed by atoms with Crippen molar-refractivity contribution in [3.8, 4) is 33.4 Å². The zero-order valence-electron chi connectivity index (χ0n) is 30.8. The largest absolute Gasteiger partial charge is 0.308 e. The zero-order valence-corrected chi connectivity index (χ0v) is 31.6. The van der Waals surface area contributed by atoms with E-state index in [9.17, 15) is 0 Å². The number of rotatable bonds is 1. The summed E-state index contributed by atoms with van der Waals surface area (Å²) in [4.78, 5) is 0. The molecule has 57 heavy (non-hydrogen) atoms. The van der Waals surface area contributed by atoms with Crippen molar-refractivity contribution in [2.45, 2.75) is 5.41 Å². The van der Waals surface area contributed by atoms with Crippen LogP contribution in [0.4, 0.5) is 0 Å². The van der Waals surface area contributed by atoms with Gasteiger partial charge in [-0.15, -0.1) is 11.3 Å². The van der Waals surface area contributed by atoms with Gasteiger partial charge in [-0.3, -0.25) is 0 Å². The molecular weight excluding hydrogens is 707 g/mol. The van der Waals surface area contributed by atoms with Crippen molar-refractivity contribution in [3.63, 3.8) is 0 Å². The van der Waals surface area contributed by atoms with Crippen molar-refractivity contribution in [2.75, 3.05) is 0 Å². The molecule has 1 nitrogen and oxygen atoms in total. The molecule has 3 heterocycles. The minimum atomic E-state index is -0.334. The van der Waals surface area contributed by atoms with Gasteiger partial charge in [-0.1, -0.05) is 152 Å². The Morgan fingerprint density at radius 3 is 1.58 bits per heavy atom. The van der Waals surface area contributed by atoms with Crippen LogP contribution in [0.3, 0.4) is 0 Å². The third kappa shape index (κ3) is 3.62. The number of hydrogen-bond acceptors (Lipinski definition) is 1. The summed E-state index contributed by atoms with van der Waals surface area (Å²) in [6.45, 7) is 0. The van der Waals surface area contributed by atoms with Gasteiger partial charge in [0.15, 0.2) is 0 Å². The molecular formula is C55H31NS. The van der Waals surface area contributed by atoms with E-state index in [1.165, 1.54) is 125 Å². The van der Waals surface area contributed by atoms with Crippen molar-refractivity contribution < 1.29 is 0 Å². The Morgan fingerprint density at radius 1 is 0.333 bits per heavy atom. The predicted molar refractivity (Wildman–Crippen MR) is 242 cm³/mol. The average Bonchev–Trinajstić information content (AvgIpc) is 4.00. The lowest BCUT2D eigenvalue weighted by molar-refractivity contribution is 0.794. The summed E-state index contributed by atoms with van der Waals surface area (Å²) in [7, 11) is 0. The number of nitrogens with zero attached hydrogens (tertiary/aromatic N) is 1. The van der Waals surface area contributed by atoms with Gasteiger partial charge in [0.1, 0.15) is 0 Å². The monoisotopic (exact) mass is 737 g/mol. The SMILES string of the molecule is c1ccc2c(c1)-c1ccccc1C21c2ccccc2-c2cc(-c3ccc4c(c3)c3cccc5c6ccccc6c6cccc7sc8cccc(c8c76)n4c53)ccc21. The zero-order chi connectivity index (χ0) is 37.0. The van der Waals surface area contributed by atoms with E-state index in [0.717, 1.165) is 0 Å². The lowest BCUT2D eigenvalue weighted by atomic mass is 9.70. The topological polar surface area (TPSA) is 4.41 Å². The summed E-state index contributed by atoms with van der Waals surface area (Å²) in [5.41, 5.74) is 16.7. The molecule has 0 saturated carbocycles. The fraction of sp³-hybridized carbons (Fsp3) is 0.0182. The number of benzene rings is 9. The van der Waals surface area contributed by atoms with Crippen LogP contribution in [0.5, 0.6) is 0 Å². The molecule has 2 aliphatic rings. The number of fused-ring (bicyclic) bond motifs is 17. The van der Waals surface area contributed by atoms with E-state index in [-0.39, 0.29) is 5.41 Å². The van der Waals surface area contributed by atoms with Crippen molar-refractivity contribution in [2.24, 2.45) is 0 Å². The molecule has 12 aromatic rings. The molecule has 0 bridgehead atoms. The highest BCUT2D eigenvalue weighted by molar-refractivity contribution is 7.26. The van der Waals surface area contributed by atoms with E-state index < -0.39 is 0 Å². The van der Waals surface area contributed by atoms with Gasteiger partial charge < -0.3 is 4.40 Å². The van der Waals surface area contributed by atoms with Crippen molar-refractivity contribution >= 4 is 80.4 Å². The highest BCUT2D eigenvalue weighted by Crippen LogP contribution is 2.63.